The number of hydrogen-bond donors (Lipinski definition) is 0. The molecule has 0 unspecified atom stereocenters. The predicted octanol–water partition coefficient (Wildman–Crippen LogP) is 3.56. The van der Waals surface area contributed by atoms with Crippen LogP contribution in [0.1, 0.15) is 16.7 Å². The van der Waals surface area contributed by atoms with Crippen molar-refractivity contribution >= 4 is 16.8 Å². The number of allylic oxidation sites excluding steroid dienone is 1. The molecule has 0 atom stereocenters. The molecular formula is C15H14O. The van der Waals surface area contributed by atoms with E-state index in [1.807, 2.05) is 0 Å². The van der Waals surface area contributed by atoms with Crippen molar-refractivity contribution in [2.24, 2.45) is 0 Å². The predicted molar refractivity (Wildman–Crippen MR) is 67.4 cm³/mol. The van der Waals surface area contributed by atoms with E-state index in [1.54, 1.807) is 7.11 Å². The van der Waals surface area contributed by atoms with E-state index in [2.05, 4.69) is 42.5 Å². The van der Waals surface area contributed by atoms with Crippen LogP contribution in [0.5, 0.6) is 0 Å². The zero-order valence-corrected chi connectivity index (χ0v) is 9.36. The molecule has 0 radical (unpaired) electrons. The van der Waals surface area contributed by atoms with Crippen LogP contribution in [0.15, 0.2) is 36.4 Å². The third-order valence-electron chi connectivity index (χ3n) is 3.20. The van der Waals surface area contributed by atoms with E-state index in [9.17, 15) is 0 Å². The summed E-state index contributed by atoms with van der Waals surface area (Å²) >= 11 is 0. The molecule has 0 aliphatic heterocycles. The maximum absolute atomic E-state index is 5.27. The van der Waals surface area contributed by atoms with Crippen molar-refractivity contribution in [1.82, 2.24) is 0 Å². The van der Waals surface area contributed by atoms with Crippen LogP contribution >= 0.6 is 0 Å². The highest BCUT2D eigenvalue weighted by Crippen LogP contribution is 2.31. The van der Waals surface area contributed by atoms with Crippen molar-refractivity contribution in [3.05, 3.63) is 53.1 Å². The lowest BCUT2D eigenvalue weighted by Crippen LogP contribution is -1.94. The molecule has 0 fully saturated rings. The highest BCUT2D eigenvalue weighted by atomic mass is 16.5. The van der Waals surface area contributed by atoms with Gasteiger partial charge in [-0.3, -0.25) is 0 Å². The first kappa shape index (κ1) is 9.61. The Balaban J connectivity index is 2.33. The van der Waals surface area contributed by atoms with Gasteiger partial charge in [-0.2, -0.15) is 0 Å². The van der Waals surface area contributed by atoms with Gasteiger partial charge in [0, 0.05) is 7.11 Å². The molecule has 1 heteroatoms. The molecule has 0 spiro atoms. The molecule has 0 N–H and O–H groups in total. The third-order valence-corrected chi connectivity index (χ3v) is 3.20. The van der Waals surface area contributed by atoms with Crippen LogP contribution in [-0.4, -0.2) is 7.11 Å². The lowest BCUT2D eigenvalue weighted by Gasteiger charge is -2.10. The van der Waals surface area contributed by atoms with Crippen LogP contribution < -0.4 is 0 Å². The van der Waals surface area contributed by atoms with Crippen molar-refractivity contribution in [3.8, 4) is 0 Å². The summed E-state index contributed by atoms with van der Waals surface area (Å²) in [7, 11) is 1.75. The molecule has 80 valence electrons. The smallest absolute Gasteiger partial charge is 0.0719 e. The second kappa shape index (κ2) is 3.76. The number of ether oxygens (including phenoxy) is 1. The van der Waals surface area contributed by atoms with Crippen molar-refractivity contribution in [1.29, 1.82) is 0 Å². The maximum atomic E-state index is 5.27. The summed E-state index contributed by atoms with van der Waals surface area (Å²) in [6.07, 6.45) is 5.50. The van der Waals surface area contributed by atoms with Gasteiger partial charge >= 0.3 is 0 Å². The summed E-state index contributed by atoms with van der Waals surface area (Å²) in [6, 6.07) is 10.8. The van der Waals surface area contributed by atoms with Gasteiger partial charge in [0.15, 0.2) is 0 Å². The lowest BCUT2D eigenvalue weighted by molar-refractivity contribution is 0.186. The zero-order valence-electron chi connectivity index (χ0n) is 9.36. The van der Waals surface area contributed by atoms with E-state index in [-0.39, 0.29) is 0 Å². The first-order valence-electron chi connectivity index (χ1n) is 5.59. The quantitative estimate of drug-likeness (QED) is 0.736. The number of hydrogen-bond acceptors (Lipinski definition) is 1. The molecule has 2 aromatic carbocycles. The average Bonchev–Trinajstić information content (AvgIpc) is 2.78. The fourth-order valence-corrected chi connectivity index (χ4v) is 2.49. The zero-order chi connectivity index (χ0) is 11.0. The third kappa shape index (κ3) is 1.36. The molecule has 0 saturated carbocycles. The standard InChI is InChI=1S/C15H14O/c1-16-10-12-9-11-5-4-8-13(11)15-7-3-2-6-14(12)15/h2-7,9H,8,10H2,1H3. The Morgan fingerprint density at radius 2 is 2.00 bits per heavy atom. The van der Waals surface area contributed by atoms with Crippen LogP contribution in [0, 0.1) is 0 Å². The second-order valence-corrected chi connectivity index (χ2v) is 4.19. The molecule has 0 heterocycles. The minimum absolute atomic E-state index is 0.682. The van der Waals surface area contributed by atoms with Gasteiger partial charge < -0.3 is 4.74 Å². The molecular weight excluding hydrogens is 196 g/mol. The summed E-state index contributed by atoms with van der Waals surface area (Å²) in [5.74, 6) is 0. The maximum Gasteiger partial charge on any atom is 0.0719 e. The van der Waals surface area contributed by atoms with Gasteiger partial charge in [-0.15, -0.1) is 0 Å². The van der Waals surface area contributed by atoms with Crippen LogP contribution in [0.2, 0.25) is 0 Å². The van der Waals surface area contributed by atoms with E-state index in [1.165, 1.54) is 27.5 Å². The Bertz CT molecular complexity index is 567. The molecule has 0 aromatic heterocycles. The molecule has 3 rings (SSSR count). The Morgan fingerprint density at radius 3 is 2.81 bits per heavy atom. The normalized spacial score (nSPS) is 13.3. The molecule has 1 aliphatic rings. The Labute approximate surface area is 95.4 Å². The van der Waals surface area contributed by atoms with E-state index < -0.39 is 0 Å². The van der Waals surface area contributed by atoms with E-state index in [0.29, 0.717) is 6.61 Å². The molecule has 0 amide bonds. The largest absolute Gasteiger partial charge is 0.380 e. The number of rotatable bonds is 2. The van der Waals surface area contributed by atoms with Gasteiger partial charge in [0.1, 0.15) is 0 Å². The van der Waals surface area contributed by atoms with Gasteiger partial charge in [0.2, 0.25) is 0 Å². The first-order valence-corrected chi connectivity index (χ1v) is 5.59. The molecule has 2 aromatic rings. The number of fused-ring (bicyclic) bond motifs is 3. The first-order chi connectivity index (χ1) is 7.90. The van der Waals surface area contributed by atoms with Crippen LogP contribution in [0.4, 0.5) is 0 Å². The average molecular weight is 210 g/mol. The summed E-state index contributed by atoms with van der Waals surface area (Å²) in [4.78, 5) is 0. The van der Waals surface area contributed by atoms with Crippen molar-refractivity contribution in [3.63, 3.8) is 0 Å². The molecule has 0 bridgehead atoms. The van der Waals surface area contributed by atoms with Crippen molar-refractivity contribution in [2.45, 2.75) is 13.0 Å². The minimum atomic E-state index is 0.682. The van der Waals surface area contributed by atoms with E-state index >= 15 is 0 Å². The SMILES string of the molecule is COCc1cc2c(c3ccccc13)CC=C2. The van der Waals surface area contributed by atoms with Gasteiger partial charge in [-0.1, -0.05) is 36.4 Å². The summed E-state index contributed by atoms with van der Waals surface area (Å²) in [5, 5.41) is 2.70. The van der Waals surface area contributed by atoms with Gasteiger partial charge in [-0.25, -0.2) is 0 Å². The molecule has 0 saturated heterocycles. The summed E-state index contributed by atoms with van der Waals surface area (Å²) in [5.41, 5.74) is 4.09. The molecule has 16 heavy (non-hydrogen) atoms. The fourth-order valence-electron chi connectivity index (χ4n) is 2.49. The lowest BCUT2D eigenvalue weighted by atomic mass is 9.96. The Morgan fingerprint density at radius 1 is 1.19 bits per heavy atom. The van der Waals surface area contributed by atoms with Gasteiger partial charge in [-0.05, 0) is 39.9 Å². The van der Waals surface area contributed by atoms with Gasteiger partial charge in [0.05, 0.1) is 6.61 Å². The summed E-state index contributed by atoms with van der Waals surface area (Å²) < 4.78 is 5.27. The highest BCUT2D eigenvalue weighted by molar-refractivity contribution is 5.92. The Kier molecular flexibility index (Phi) is 2.26. The number of benzene rings is 2. The minimum Gasteiger partial charge on any atom is -0.380 e. The number of methoxy groups -OCH3 is 1. The Hall–Kier alpha value is -1.60. The van der Waals surface area contributed by atoms with Crippen LogP contribution in [0.3, 0.4) is 0 Å². The van der Waals surface area contributed by atoms with Crippen LogP contribution in [0.25, 0.3) is 16.8 Å². The fraction of sp³-hybridized carbons (Fsp3) is 0.200. The van der Waals surface area contributed by atoms with Crippen LogP contribution in [-0.2, 0) is 17.8 Å². The van der Waals surface area contributed by atoms with Gasteiger partial charge in [0.25, 0.3) is 0 Å². The second-order valence-electron chi connectivity index (χ2n) is 4.19. The van der Waals surface area contributed by atoms with Crippen molar-refractivity contribution < 1.29 is 4.74 Å². The van der Waals surface area contributed by atoms with Crippen molar-refractivity contribution in [2.75, 3.05) is 7.11 Å². The topological polar surface area (TPSA) is 9.23 Å². The molecule has 1 aliphatic carbocycles. The summed E-state index contributed by atoms with van der Waals surface area (Å²) in [6.45, 7) is 0.682. The van der Waals surface area contributed by atoms with E-state index in [4.69, 9.17) is 4.74 Å². The van der Waals surface area contributed by atoms with E-state index in [0.717, 1.165) is 6.42 Å². The monoisotopic (exact) mass is 210 g/mol. The highest BCUT2D eigenvalue weighted by Gasteiger charge is 2.12. The molecule has 1 nitrogen and oxygen atoms in total.